The Morgan fingerprint density at radius 3 is 2.38 bits per heavy atom. The summed E-state index contributed by atoms with van der Waals surface area (Å²) in [5, 5.41) is 0. The number of hydrogen-bond acceptors (Lipinski definition) is 2. The van der Waals surface area contributed by atoms with Crippen LogP contribution < -0.4 is 0 Å². The van der Waals surface area contributed by atoms with Crippen molar-refractivity contribution in [1.82, 2.24) is 0 Å². The van der Waals surface area contributed by atoms with Crippen LogP contribution in [0.3, 0.4) is 0 Å². The Labute approximate surface area is 196 Å². The Hall–Kier alpha value is -0.890. The van der Waals surface area contributed by atoms with Crippen LogP contribution in [-0.2, 0) is 9.53 Å². The molecule has 2 heteroatoms. The highest BCUT2D eigenvalue weighted by Gasteiger charge is 2.65. The predicted octanol–water partition coefficient (Wildman–Crippen LogP) is 7.53. The number of rotatable bonds is 3. The van der Waals surface area contributed by atoms with Crippen LogP contribution in [0.4, 0.5) is 0 Å². The van der Waals surface area contributed by atoms with Crippen molar-refractivity contribution in [2.45, 2.75) is 112 Å². The monoisotopic (exact) mass is 438 g/mol. The molecule has 5 aliphatic rings. The number of Topliss-reactive ketones (excluding diaryl/α,β-unsaturated/α-hetero) is 1. The minimum Gasteiger partial charge on any atom is -0.362 e. The van der Waals surface area contributed by atoms with Crippen molar-refractivity contribution < 1.29 is 9.53 Å². The Morgan fingerprint density at radius 2 is 1.72 bits per heavy atom. The fourth-order valence-corrected chi connectivity index (χ4v) is 9.37. The molecule has 0 aromatic heterocycles. The second kappa shape index (κ2) is 6.83. The lowest BCUT2D eigenvalue weighted by atomic mass is 9.41. The van der Waals surface area contributed by atoms with E-state index in [9.17, 15) is 4.79 Å². The maximum atomic E-state index is 12.8. The lowest BCUT2D eigenvalue weighted by Gasteiger charge is -2.63. The molecule has 2 nitrogen and oxygen atoms in total. The summed E-state index contributed by atoms with van der Waals surface area (Å²) in [6.45, 7) is 19.1. The second-order valence-electron chi connectivity index (χ2n) is 14.0. The third kappa shape index (κ3) is 2.90. The number of carbonyl (C=O) groups excluding carboxylic acids is 1. The summed E-state index contributed by atoms with van der Waals surface area (Å²) in [4.78, 5) is 12.8. The zero-order valence-corrected chi connectivity index (χ0v) is 21.9. The number of hydrogen-bond donors (Lipinski definition) is 0. The van der Waals surface area contributed by atoms with Crippen molar-refractivity contribution in [3.05, 3.63) is 23.8 Å². The summed E-state index contributed by atoms with van der Waals surface area (Å²) in [6, 6.07) is 0. The van der Waals surface area contributed by atoms with Crippen LogP contribution in [0.5, 0.6) is 0 Å². The van der Waals surface area contributed by atoms with Gasteiger partial charge in [-0.05, 0) is 92.3 Å². The quantitative estimate of drug-likeness (QED) is 0.337. The van der Waals surface area contributed by atoms with Gasteiger partial charge in [0.15, 0.2) is 0 Å². The molecule has 178 valence electrons. The highest BCUT2D eigenvalue weighted by Crippen LogP contribution is 2.73. The number of ketones is 1. The highest BCUT2D eigenvalue weighted by molar-refractivity contribution is 5.85. The van der Waals surface area contributed by atoms with E-state index in [-0.39, 0.29) is 16.4 Å². The van der Waals surface area contributed by atoms with Crippen LogP contribution in [0.25, 0.3) is 0 Å². The molecule has 32 heavy (non-hydrogen) atoms. The van der Waals surface area contributed by atoms with Crippen LogP contribution >= 0.6 is 0 Å². The largest absolute Gasteiger partial charge is 0.362 e. The minimum atomic E-state index is -0.174. The molecule has 1 unspecified atom stereocenters. The SMILES string of the molecule is C[C@H](/C=C/[C@@H]1OC1(C)C)[C@H]1CC[C@]2(C)C3=CCC4C(C)(C)C(=O)CC[C@]4(C)[C@H]3CC[C@@]12C. The van der Waals surface area contributed by atoms with Gasteiger partial charge in [0.2, 0.25) is 0 Å². The Kier molecular flexibility index (Phi) is 4.89. The first kappa shape index (κ1) is 22.9. The molecule has 1 saturated heterocycles. The molecule has 1 heterocycles. The van der Waals surface area contributed by atoms with Crippen molar-refractivity contribution in [3.8, 4) is 0 Å². The predicted molar refractivity (Wildman–Crippen MR) is 131 cm³/mol. The number of ether oxygens (including phenoxy) is 1. The average Bonchev–Trinajstić information content (AvgIpc) is 3.22. The first-order valence-electron chi connectivity index (χ1n) is 13.4. The molecular formula is C30H46O2. The Bertz CT molecular complexity index is 877. The summed E-state index contributed by atoms with van der Waals surface area (Å²) in [6.07, 6.45) is 16.0. The normalized spacial score (nSPS) is 49.8. The standard InChI is InChI=1S/C30H46O2/c1-19(9-12-25-27(4,5)32-25)20-13-17-30(8)22-10-11-23-26(2,3)24(31)15-16-28(23,6)21(22)14-18-29(20,30)7/h9-10,12,19-21,23,25H,11,13-18H2,1-8H3/b12-9+/t19-,20-,21+,23?,25+,28-,29+,30-/m1/s1. The van der Waals surface area contributed by atoms with Gasteiger partial charge in [0.05, 0.1) is 5.60 Å². The molecule has 4 aliphatic carbocycles. The molecule has 0 amide bonds. The summed E-state index contributed by atoms with van der Waals surface area (Å²) >= 11 is 0. The zero-order valence-electron chi connectivity index (χ0n) is 21.9. The van der Waals surface area contributed by atoms with Crippen LogP contribution in [0.1, 0.15) is 100 Å². The summed E-state index contributed by atoms with van der Waals surface area (Å²) in [5.74, 6) is 2.99. The Balaban J connectivity index is 1.44. The van der Waals surface area contributed by atoms with E-state index in [2.05, 4.69) is 73.6 Å². The minimum absolute atomic E-state index is 0.0381. The molecule has 0 spiro atoms. The van der Waals surface area contributed by atoms with E-state index < -0.39 is 0 Å². The smallest absolute Gasteiger partial charge is 0.138 e. The van der Waals surface area contributed by atoms with Gasteiger partial charge < -0.3 is 4.74 Å². The van der Waals surface area contributed by atoms with Crippen molar-refractivity contribution in [3.63, 3.8) is 0 Å². The van der Waals surface area contributed by atoms with Crippen LogP contribution in [0.2, 0.25) is 0 Å². The van der Waals surface area contributed by atoms with Crippen molar-refractivity contribution in [1.29, 1.82) is 0 Å². The van der Waals surface area contributed by atoms with Crippen LogP contribution in [0.15, 0.2) is 23.8 Å². The van der Waals surface area contributed by atoms with E-state index in [0.717, 1.165) is 25.2 Å². The van der Waals surface area contributed by atoms with Crippen LogP contribution in [-0.4, -0.2) is 17.5 Å². The van der Waals surface area contributed by atoms with Gasteiger partial charge in [0.25, 0.3) is 0 Å². The first-order chi connectivity index (χ1) is 14.8. The molecule has 0 bridgehead atoms. The van der Waals surface area contributed by atoms with E-state index in [1.807, 2.05) is 0 Å². The van der Waals surface area contributed by atoms with Crippen molar-refractivity contribution >= 4 is 5.78 Å². The fraction of sp³-hybridized carbons (Fsp3) is 0.833. The van der Waals surface area contributed by atoms with Crippen LogP contribution in [0, 0.1) is 45.3 Å². The molecule has 3 saturated carbocycles. The van der Waals surface area contributed by atoms with E-state index in [4.69, 9.17) is 4.74 Å². The molecule has 0 radical (unpaired) electrons. The maximum absolute atomic E-state index is 12.8. The summed E-state index contributed by atoms with van der Waals surface area (Å²) in [7, 11) is 0. The highest BCUT2D eigenvalue weighted by atomic mass is 16.6. The topological polar surface area (TPSA) is 29.6 Å². The lowest BCUT2D eigenvalue weighted by molar-refractivity contribution is -0.145. The van der Waals surface area contributed by atoms with E-state index >= 15 is 0 Å². The summed E-state index contributed by atoms with van der Waals surface area (Å²) in [5.41, 5.74) is 2.59. The van der Waals surface area contributed by atoms with Gasteiger partial charge in [-0.15, -0.1) is 0 Å². The molecule has 0 aromatic carbocycles. The van der Waals surface area contributed by atoms with Gasteiger partial charge in [-0.2, -0.15) is 0 Å². The molecule has 0 aromatic rings. The zero-order chi connectivity index (χ0) is 23.3. The number of fused-ring (bicyclic) bond motifs is 5. The van der Waals surface area contributed by atoms with Crippen molar-refractivity contribution in [2.24, 2.45) is 45.3 Å². The molecule has 1 aliphatic heterocycles. The first-order valence-corrected chi connectivity index (χ1v) is 13.4. The number of carbonyl (C=O) groups is 1. The van der Waals surface area contributed by atoms with Gasteiger partial charge in [-0.3, -0.25) is 4.79 Å². The maximum Gasteiger partial charge on any atom is 0.138 e. The van der Waals surface area contributed by atoms with Gasteiger partial charge in [0.1, 0.15) is 11.9 Å². The molecule has 5 rings (SSSR count). The molecule has 8 atom stereocenters. The fourth-order valence-electron chi connectivity index (χ4n) is 9.37. The van der Waals surface area contributed by atoms with E-state index in [1.165, 1.54) is 25.7 Å². The lowest BCUT2D eigenvalue weighted by Crippen LogP contribution is -2.57. The molecule has 0 N–H and O–H groups in total. The van der Waals surface area contributed by atoms with Gasteiger partial charge in [-0.1, -0.05) is 65.3 Å². The third-order valence-corrected chi connectivity index (χ3v) is 11.9. The van der Waals surface area contributed by atoms with Crippen molar-refractivity contribution in [2.75, 3.05) is 0 Å². The number of allylic oxidation sites excluding steroid dienone is 3. The van der Waals surface area contributed by atoms with E-state index in [0.29, 0.717) is 40.5 Å². The van der Waals surface area contributed by atoms with Gasteiger partial charge in [0, 0.05) is 11.8 Å². The van der Waals surface area contributed by atoms with Gasteiger partial charge in [-0.25, -0.2) is 0 Å². The molecule has 4 fully saturated rings. The average molecular weight is 439 g/mol. The number of epoxide rings is 1. The van der Waals surface area contributed by atoms with Gasteiger partial charge >= 0.3 is 0 Å². The summed E-state index contributed by atoms with van der Waals surface area (Å²) < 4.78 is 5.81. The molecular weight excluding hydrogens is 392 g/mol. The Morgan fingerprint density at radius 1 is 1.03 bits per heavy atom. The third-order valence-electron chi connectivity index (χ3n) is 11.9. The second-order valence-corrected chi connectivity index (χ2v) is 14.0. The van der Waals surface area contributed by atoms with E-state index in [1.54, 1.807) is 5.57 Å².